The molecule has 132 valence electrons. The van der Waals surface area contributed by atoms with Crippen LogP contribution in [0, 0.1) is 0 Å². The first-order chi connectivity index (χ1) is 11.8. The van der Waals surface area contributed by atoms with Crippen molar-refractivity contribution in [1.82, 2.24) is 5.43 Å². The summed E-state index contributed by atoms with van der Waals surface area (Å²) in [5, 5.41) is 4.22. The van der Waals surface area contributed by atoms with Crippen LogP contribution in [-0.4, -0.2) is 33.3 Å². The fourth-order valence-electron chi connectivity index (χ4n) is 1.95. The maximum Gasteiger partial charge on any atom is 0.260 e. The molecule has 1 amide bonds. The lowest BCUT2D eigenvalue weighted by Crippen LogP contribution is -2.39. The molecule has 0 bridgehead atoms. The molecule has 0 aliphatic rings. The molecule has 2 rings (SSSR count). The zero-order chi connectivity index (χ0) is 18.4. The van der Waals surface area contributed by atoms with Gasteiger partial charge in [0.2, 0.25) is 10.0 Å². The van der Waals surface area contributed by atoms with Crippen molar-refractivity contribution in [1.29, 1.82) is 0 Å². The smallest absolute Gasteiger partial charge is 0.260 e. The van der Waals surface area contributed by atoms with Crippen molar-refractivity contribution in [3.05, 3.63) is 63.6 Å². The highest BCUT2D eigenvalue weighted by atomic mass is 79.9. The van der Waals surface area contributed by atoms with Crippen LogP contribution in [0.3, 0.4) is 0 Å². The van der Waals surface area contributed by atoms with Crippen LogP contribution in [0.1, 0.15) is 5.56 Å². The number of carbonyl (C=O) groups is 1. The number of nitrogens with zero attached hydrogens (tertiary/aromatic N) is 2. The van der Waals surface area contributed by atoms with Gasteiger partial charge in [-0.3, -0.25) is 9.10 Å². The van der Waals surface area contributed by atoms with E-state index in [9.17, 15) is 13.2 Å². The lowest BCUT2D eigenvalue weighted by molar-refractivity contribution is -0.119. The summed E-state index contributed by atoms with van der Waals surface area (Å²) < 4.78 is 25.7. The maximum atomic E-state index is 12.1. The first-order valence-corrected chi connectivity index (χ1v) is 10.1. The third-order valence-electron chi connectivity index (χ3n) is 3.08. The number of carbonyl (C=O) groups excluding carboxylic acids is 1. The molecule has 2 aromatic carbocycles. The van der Waals surface area contributed by atoms with Gasteiger partial charge in [0.1, 0.15) is 6.54 Å². The summed E-state index contributed by atoms with van der Waals surface area (Å²) in [4.78, 5) is 12.1. The highest BCUT2D eigenvalue weighted by Gasteiger charge is 2.20. The number of hydrazone groups is 1. The number of nitrogens with one attached hydrogen (secondary N) is 1. The molecule has 0 fully saturated rings. The highest BCUT2D eigenvalue weighted by Crippen LogP contribution is 2.21. The number of hydrogen-bond donors (Lipinski definition) is 1. The van der Waals surface area contributed by atoms with Gasteiger partial charge >= 0.3 is 0 Å². The van der Waals surface area contributed by atoms with Crippen LogP contribution in [0.5, 0.6) is 0 Å². The average Bonchev–Trinajstić information content (AvgIpc) is 2.53. The van der Waals surface area contributed by atoms with E-state index >= 15 is 0 Å². The van der Waals surface area contributed by atoms with Crippen molar-refractivity contribution >= 4 is 55.4 Å². The van der Waals surface area contributed by atoms with Crippen molar-refractivity contribution in [3.63, 3.8) is 0 Å². The number of rotatable bonds is 6. The minimum Gasteiger partial charge on any atom is -0.271 e. The van der Waals surface area contributed by atoms with Crippen LogP contribution in [0.25, 0.3) is 0 Å². The standard InChI is InChI=1S/C16H15BrClN3O3S/c1-25(23,24)21(14-7-4-6-13(18)9-14)11-16(22)20-19-10-12-5-2-3-8-15(12)17/h2-10H,11H2,1H3,(H,20,22)/b19-10-. The van der Waals surface area contributed by atoms with Crippen LogP contribution >= 0.6 is 27.5 Å². The summed E-state index contributed by atoms with van der Waals surface area (Å²) >= 11 is 9.26. The number of halogens is 2. The highest BCUT2D eigenvalue weighted by molar-refractivity contribution is 9.10. The Hall–Kier alpha value is -1.90. The summed E-state index contributed by atoms with van der Waals surface area (Å²) in [5.41, 5.74) is 3.40. The number of benzene rings is 2. The van der Waals surface area contributed by atoms with Gasteiger partial charge in [-0.2, -0.15) is 5.10 Å². The molecule has 0 saturated carbocycles. The van der Waals surface area contributed by atoms with Crippen molar-refractivity contribution in [2.45, 2.75) is 0 Å². The van der Waals surface area contributed by atoms with E-state index in [4.69, 9.17) is 11.6 Å². The quantitative estimate of drug-likeness (QED) is 0.549. The monoisotopic (exact) mass is 443 g/mol. The number of anilines is 1. The summed E-state index contributed by atoms with van der Waals surface area (Å²) in [7, 11) is -3.66. The maximum absolute atomic E-state index is 12.1. The van der Waals surface area contributed by atoms with Gasteiger partial charge in [0.05, 0.1) is 18.2 Å². The molecule has 25 heavy (non-hydrogen) atoms. The van der Waals surface area contributed by atoms with Crippen molar-refractivity contribution in [2.75, 3.05) is 17.1 Å². The Labute approximate surface area is 159 Å². The molecule has 0 aliphatic carbocycles. The van der Waals surface area contributed by atoms with Gasteiger partial charge in [-0.25, -0.2) is 13.8 Å². The summed E-state index contributed by atoms with van der Waals surface area (Å²) in [6.07, 6.45) is 2.48. The van der Waals surface area contributed by atoms with Gasteiger partial charge in [-0.05, 0) is 24.3 Å². The van der Waals surface area contributed by atoms with E-state index in [1.165, 1.54) is 12.3 Å². The van der Waals surface area contributed by atoms with E-state index < -0.39 is 22.5 Å². The summed E-state index contributed by atoms with van der Waals surface area (Å²) in [6.45, 7) is -0.410. The van der Waals surface area contributed by atoms with Crippen molar-refractivity contribution in [3.8, 4) is 0 Å². The van der Waals surface area contributed by atoms with Crippen LogP contribution in [0.2, 0.25) is 5.02 Å². The van der Waals surface area contributed by atoms with Crippen molar-refractivity contribution < 1.29 is 13.2 Å². The third kappa shape index (κ3) is 5.84. The molecule has 0 spiro atoms. The van der Waals surface area contributed by atoms with E-state index in [0.717, 1.165) is 20.6 Å². The molecule has 0 aliphatic heterocycles. The van der Waals surface area contributed by atoms with E-state index in [2.05, 4.69) is 26.5 Å². The first kappa shape index (κ1) is 19.4. The Kier molecular flexibility index (Phi) is 6.57. The number of amides is 1. The molecule has 1 N–H and O–H groups in total. The Balaban J connectivity index is 2.09. The van der Waals surface area contributed by atoms with E-state index in [-0.39, 0.29) is 0 Å². The minimum atomic E-state index is -3.66. The normalized spacial score (nSPS) is 11.5. The molecule has 0 heterocycles. The van der Waals surface area contributed by atoms with Gasteiger partial charge in [-0.1, -0.05) is 51.8 Å². The average molecular weight is 445 g/mol. The van der Waals surface area contributed by atoms with Gasteiger partial charge < -0.3 is 0 Å². The van der Waals surface area contributed by atoms with Gasteiger partial charge in [0.15, 0.2) is 0 Å². The second-order valence-electron chi connectivity index (χ2n) is 5.06. The zero-order valence-corrected chi connectivity index (χ0v) is 16.3. The zero-order valence-electron chi connectivity index (χ0n) is 13.2. The largest absolute Gasteiger partial charge is 0.271 e. The van der Waals surface area contributed by atoms with Gasteiger partial charge in [0.25, 0.3) is 5.91 Å². The summed E-state index contributed by atoms with van der Waals surface area (Å²) in [5.74, 6) is -0.575. The SMILES string of the molecule is CS(=O)(=O)N(CC(=O)N/N=C\c1ccccc1Br)c1cccc(Cl)c1. The van der Waals surface area contributed by atoms with Gasteiger partial charge in [-0.15, -0.1) is 0 Å². The molecule has 0 atom stereocenters. The van der Waals surface area contributed by atoms with E-state index in [1.807, 2.05) is 24.3 Å². The molecular formula is C16H15BrClN3O3S. The molecule has 2 aromatic rings. The van der Waals surface area contributed by atoms with Crippen LogP contribution in [0.15, 0.2) is 58.1 Å². The second kappa shape index (κ2) is 8.46. The van der Waals surface area contributed by atoms with Crippen LogP contribution in [-0.2, 0) is 14.8 Å². The van der Waals surface area contributed by atoms with Gasteiger partial charge in [0, 0.05) is 15.1 Å². The molecular weight excluding hydrogens is 430 g/mol. The Morgan fingerprint density at radius 2 is 2.00 bits per heavy atom. The van der Waals surface area contributed by atoms with Crippen molar-refractivity contribution in [2.24, 2.45) is 5.10 Å². The van der Waals surface area contributed by atoms with Crippen LogP contribution in [0.4, 0.5) is 5.69 Å². The molecule has 0 unspecified atom stereocenters. The lowest BCUT2D eigenvalue weighted by atomic mass is 10.2. The molecule has 0 saturated heterocycles. The number of sulfonamides is 1. The predicted octanol–water partition coefficient (Wildman–Crippen LogP) is 3.02. The molecule has 0 aromatic heterocycles. The Bertz CT molecular complexity index is 903. The fraction of sp³-hybridized carbons (Fsp3) is 0.125. The summed E-state index contributed by atoms with van der Waals surface area (Å²) in [6, 6.07) is 13.6. The minimum absolute atomic E-state index is 0.305. The second-order valence-corrected chi connectivity index (χ2v) is 8.26. The topological polar surface area (TPSA) is 78.8 Å². The molecule has 9 heteroatoms. The van der Waals surface area contributed by atoms with E-state index in [0.29, 0.717) is 10.7 Å². The number of hydrogen-bond acceptors (Lipinski definition) is 4. The Morgan fingerprint density at radius 3 is 2.64 bits per heavy atom. The van der Waals surface area contributed by atoms with E-state index in [1.54, 1.807) is 18.2 Å². The van der Waals surface area contributed by atoms with Crippen LogP contribution < -0.4 is 9.73 Å². The lowest BCUT2D eigenvalue weighted by Gasteiger charge is -2.21. The molecule has 6 nitrogen and oxygen atoms in total. The molecule has 0 radical (unpaired) electrons. The predicted molar refractivity (Wildman–Crippen MR) is 104 cm³/mol. The fourth-order valence-corrected chi connectivity index (χ4v) is 3.37. The Morgan fingerprint density at radius 1 is 1.28 bits per heavy atom. The first-order valence-electron chi connectivity index (χ1n) is 7.07. The third-order valence-corrected chi connectivity index (χ3v) is 5.18.